The van der Waals surface area contributed by atoms with Crippen molar-refractivity contribution in [2.45, 2.75) is 51.5 Å². The number of unbranched alkanes of at least 4 members (excludes halogenated alkanes) is 1. The molecule has 118 valence electrons. The molecule has 0 heterocycles. The van der Waals surface area contributed by atoms with Crippen molar-refractivity contribution in [2.75, 3.05) is 6.54 Å². The van der Waals surface area contributed by atoms with Gasteiger partial charge in [0, 0.05) is 19.0 Å². The van der Waals surface area contributed by atoms with Gasteiger partial charge in [-0.1, -0.05) is 29.8 Å². The number of hydrogen-bond acceptors (Lipinski definition) is 2. The molecule has 1 unspecified atom stereocenters. The van der Waals surface area contributed by atoms with Crippen LogP contribution in [0, 0.1) is 12.8 Å². The largest absolute Gasteiger partial charge is 0.352 e. The van der Waals surface area contributed by atoms with Gasteiger partial charge in [-0.25, -0.2) is 0 Å². The Morgan fingerprint density at radius 2 is 1.95 bits per heavy atom. The van der Waals surface area contributed by atoms with Crippen molar-refractivity contribution >= 4 is 18.3 Å². The van der Waals surface area contributed by atoms with Crippen LogP contribution in [0.4, 0.5) is 0 Å². The van der Waals surface area contributed by atoms with E-state index in [9.17, 15) is 4.79 Å². The molecule has 0 spiro atoms. The molecule has 0 aliphatic heterocycles. The fraction of sp³-hybridized carbons (Fsp3) is 0.588. The van der Waals surface area contributed by atoms with Crippen LogP contribution >= 0.6 is 12.4 Å². The van der Waals surface area contributed by atoms with Gasteiger partial charge in [-0.3, -0.25) is 4.79 Å². The molecule has 1 aliphatic carbocycles. The van der Waals surface area contributed by atoms with Crippen molar-refractivity contribution in [3.63, 3.8) is 0 Å². The predicted octanol–water partition coefficient (Wildman–Crippen LogP) is 2.98. The molecule has 0 saturated heterocycles. The highest BCUT2D eigenvalue weighted by molar-refractivity contribution is 5.85. The number of halogens is 1. The van der Waals surface area contributed by atoms with Crippen LogP contribution in [0.2, 0.25) is 0 Å². The van der Waals surface area contributed by atoms with Gasteiger partial charge in [0.05, 0.1) is 0 Å². The average molecular weight is 311 g/mol. The first kappa shape index (κ1) is 18.0. The lowest BCUT2D eigenvalue weighted by Crippen LogP contribution is -2.41. The molecular formula is C17H27ClN2O. The Morgan fingerprint density at radius 3 is 2.52 bits per heavy atom. The number of amides is 1. The first-order valence-electron chi connectivity index (χ1n) is 7.74. The Kier molecular flexibility index (Phi) is 7.76. The minimum absolute atomic E-state index is 0. The number of nitrogens with two attached hydrogens (primary N) is 1. The van der Waals surface area contributed by atoms with Crippen molar-refractivity contribution in [1.82, 2.24) is 5.32 Å². The zero-order chi connectivity index (χ0) is 14.4. The molecule has 1 aliphatic rings. The van der Waals surface area contributed by atoms with E-state index in [0.29, 0.717) is 18.9 Å². The molecule has 0 bridgehead atoms. The van der Waals surface area contributed by atoms with Crippen LogP contribution in [0.3, 0.4) is 0 Å². The number of carbonyl (C=O) groups excluding carboxylic acids is 1. The summed E-state index contributed by atoms with van der Waals surface area (Å²) in [6, 6.07) is 8.84. The molecule has 4 heteroatoms. The van der Waals surface area contributed by atoms with Gasteiger partial charge in [-0.05, 0) is 50.5 Å². The minimum atomic E-state index is 0. The summed E-state index contributed by atoms with van der Waals surface area (Å²) in [5.74, 6) is 0.799. The number of aryl methyl sites for hydroxylation is 2. The van der Waals surface area contributed by atoms with Gasteiger partial charge >= 0.3 is 0 Å². The van der Waals surface area contributed by atoms with Crippen LogP contribution in [0.25, 0.3) is 0 Å². The first-order chi connectivity index (χ1) is 9.69. The Bertz CT molecular complexity index is 429. The van der Waals surface area contributed by atoms with Gasteiger partial charge in [0.25, 0.3) is 0 Å². The van der Waals surface area contributed by atoms with E-state index in [-0.39, 0.29) is 24.4 Å². The van der Waals surface area contributed by atoms with Gasteiger partial charge in [-0.15, -0.1) is 12.4 Å². The van der Waals surface area contributed by atoms with E-state index in [1.165, 1.54) is 24.0 Å². The maximum Gasteiger partial charge on any atom is 0.220 e. The Hall–Kier alpha value is -1.06. The normalized spacial score (nSPS) is 15.1. The summed E-state index contributed by atoms with van der Waals surface area (Å²) >= 11 is 0. The first-order valence-corrected chi connectivity index (χ1v) is 7.74. The van der Waals surface area contributed by atoms with Crippen LogP contribution in [-0.2, 0) is 11.2 Å². The predicted molar refractivity (Wildman–Crippen MR) is 89.7 cm³/mol. The van der Waals surface area contributed by atoms with Crippen LogP contribution < -0.4 is 11.1 Å². The lowest BCUT2D eigenvalue weighted by molar-refractivity contribution is -0.122. The summed E-state index contributed by atoms with van der Waals surface area (Å²) in [7, 11) is 0. The summed E-state index contributed by atoms with van der Waals surface area (Å²) in [4.78, 5) is 11.8. The van der Waals surface area contributed by atoms with Crippen molar-refractivity contribution in [1.29, 1.82) is 0 Å². The zero-order valence-corrected chi connectivity index (χ0v) is 13.6. The van der Waals surface area contributed by atoms with Gasteiger partial charge in [0.15, 0.2) is 0 Å². The van der Waals surface area contributed by atoms with E-state index in [1.54, 1.807) is 0 Å². The van der Waals surface area contributed by atoms with Gasteiger partial charge < -0.3 is 11.1 Å². The number of nitrogens with one attached hydrogen (secondary N) is 1. The van der Waals surface area contributed by atoms with Crippen LogP contribution in [-0.4, -0.2) is 18.5 Å². The van der Waals surface area contributed by atoms with E-state index in [4.69, 9.17) is 5.73 Å². The Labute approximate surface area is 134 Å². The Balaban J connectivity index is 0.00000220. The van der Waals surface area contributed by atoms with Crippen LogP contribution in [0.1, 0.15) is 43.2 Å². The molecule has 0 aromatic heterocycles. The SMILES string of the molecule is Cc1ccc(CCCCC(=O)NC(CN)C2CC2)cc1.Cl. The molecule has 21 heavy (non-hydrogen) atoms. The summed E-state index contributed by atoms with van der Waals surface area (Å²) in [6.07, 6.45) is 6.12. The van der Waals surface area contributed by atoms with Crippen LogP contribution in [0.5, 0.6) is 0 Å². The molecule has 1 saturated carbocycles. The molecule has 3 N–H and O–H groups in total. The van der Waals surface area contributed by atoms with Gasteiger partial charge in [-0.2, -0.15) is 0 Å². The second-order valence-corrected chi connectivity index (χ2v) is 5.94. The summed E-state index contributed by atoms with van der Waals surface area (Å²) < 4.78 is 0. The summed E-state index contributed by atoms with van der Waals surface area (Å²) in [5, 5.41) is 3.07. The molecule has 1 amide bonds. The third kappa shape index (κ3) is 6.49. The highest BCUT2D eigenvalue weighted by Gasteiger charge is 2.30. The van der Waals surface area contributed by atoms with Crippen molar-refractivity contribution in [2.24, 2.45) is 11.7 Å². The number of carbonyl (C=O) groups is 1. The molecular weight excluding hydrogens is 284 g/mol. The maximum absolute atomic E-state index is 11.8. The number of benzene rings is 1. The molecule has 3 nitrogen and oxygen atoms in total. The van der Waals surface area contributed by atoms with Crippen molar-refractivity contribution in [3.8, 4) is 0 Å². The lowest BCUT2D eigenvalue weighted by atomic mass is 10.1. The second kappa shape index (κ2) is 9.06. The highest BCUT2D eigenvalue weighted by atomic mass is 35.5. The number of rotatable bonds is 8. The average Bonchev–Trinajstić information content (AvgIpc) is 3.27. The molecule has 0 radical (unpaired) electrons. The van der Waals surface area contributed by atoms with Gasteiger partial charge in [0.2, 0.25) is 5.91 Å². The van der Waals surface area contributed by atoms with Crippen LogP contribution in [0.15, 0.2) is 24.3 Å². The highest BCUT2D eigenvalue weighted by Crippen LogP contribution is 2.32. The quantitative estimate of drug-likeness (QED) is 0.725. The van der Waals surface area contributed by atoms with E-state index in [0.717, 1.165) is 19.3 Å². The van der Waals surface area contributed by atoms with Gasteiger partial charge in [0.1, 0.15) is 0 Å². The second-order valence-electron chi connectivity index (χ2n) is 5.94. The summed E-state index contributed by atoms with van der Waals surface area (Å²) in [5.41, 5.74) is 8.34. The molecule has 1 aromatic carbocycles. The third-order valence-corrected chi connectivity index (χ3v) is 4.03. The van der Waals surface area contributed by atoms with E-state index >= 15 is 0 Å². The monoisotopic (exact) mass is 310 g/mol. The molecule has 1 aromatic rings. The van der Waals surface area contributed by atoms with E-state index < -0.39 is 0 Å². The van der Waals surface area contributed by atoms with E-state index in [2.05, 4.69) is 36.5 Å². The van der Waals surface area contributed by atoms with Crippen molar-refractivity contribution < 1.29 is 4.79 Å². The molecule has 1 atom stereocenters. The summed E-state index contributed by atoms with van der Waals surface area (Å²) in [6.45, 7) is 2.67. The minimum Gasteiger partial charge on any atom is -0.352 e. The zero-order valence-electron chi connectivity index (χ0n) is 12.8. The Morgan fingerprint density at radius 1 is 1.29 bits per heavy atom. The fourth-order valence-electron chi connectivity index (χ4n) is 2.52. The molecule has 1 fully saturated rings. The standard InChI is InChI=1S/C17H26N2O.ClH/c1-13-6-8-14(9-7-13)4-2-3-5-17(20)19-16(12-18)15-10-11-15;/h6-9,15-16H,2-5,10-12,18H2,1H3,(H,19,20);1H. The lowest BCUT2D eigenvalue weighted by Gasteiger charge is -2.15. The van der Waals surface area contributed by atoms with Crippen molar-refractivity contribution in [3.05, 3.63) is 35.4 Å². The number of hydrogen-bond donors (Lipinski definition) is 2. The third-order valence-electron chi connectivity index (χ3n) is 4.03. The topological polar surface area (TPSA) is 55.1 Å². The maximum atomic E-state index is 11.8. The van der Waals surface area contributed by atoms with E-state index in [1.807, 2.05) is 0 Å². The molecule has 2 rings (SSSR count). The fourth-order valence-corrected chi connectivity index (χ4v) is 2.52. The smallest absolute Gasteiger partial charge is 0.220 e.